The Hall–Kier alpha value is -1.85. The number of carbonyl (C=O) groups is 1. The van der Waals surface area contributed by atoms with Crippen LogP contribution in [0.15, 0.2) is 5.10 Å². The van der Waals surface area contributed by atoms with Crippen LogP contribution in [-0.2, 0) is 6.42 Å². The zero-order valence-electron chi connectivity index (χ0n) is 8.74. The van der Waals surface area contributed by atoms with E-state index in [4.69, 9.17) is 5.11 Å². The smallest absolute Gasteiger partial charge is 0.425 e. The number of hydrazone groups is 1. The van der Waals surface area contributed by atoms with Gasteiger partial charge in [0.05, 0.1) is 6.21 Å². The molecule has 0 fully saturated rings. The number of aromatic amines is 1. The van der Waals surface area contributed by atoms with Crippen molar-refractivity contribution in [3.63, 3.8) is 0 Å². The summed E-state index contributed by atoms with van der Waals surface area (Å²) in [6, 6.07) is 0. The Morgan fingerprint density at radius 2 is 2.47 bits per heavy atom. The second kappa shape index (κ2) is 5.14. The third kappa shape index (κ3) is 3.41. The van der Waals surface area contributed by atoms with E-state index in [1.807, 2.05) is 12.3 Å². The van der Waals surface area contributed by atoms with E-state index in [2.05, 4.69) is 22.0 Å². The first-order chi connectivity index (χ1) is 7.13. The number of hydrogen-bond donors (Lipinski definition) is 3. The normalized spacial score (nSPS) is 10.8. The fourth-order valence-corrected chi connectivity index (χ4v) is 1.17. The van der Waals surface area contributed by atoms with Gasteiger partial charge in [0.2, 0.25) is 0 Å². The molecule has 3 N–H and O–H groups in total. The summed E-state index contributed by atoms with van der Waals surface area (Å²) in [7, 11) is 0. The molecule has 1 aromatic heterocycles. The third-order valence-corrected chi connectivity index (χ3v) is 1.81. The Morgan fingerprint density at radius 3 is 3.07 bits per heavy atom. The van der Waals surface area contributed by atoms with Gasteiger partial charge in [-0.1, -0.05) is 6.92 Å². The fraction of sp³-hybridized carbons (Fsp3) is 0.444. The van der Waals surface area contributed by atoms with Gasteiger partial charge in [-0.05, 0) is 13.3 Å². The molecular weight excluding hydrogens is 196 g/mol. The van der Waals surface area contributed by atoms with Gasteiger partial charge < -0.3 is 10.1 Å². The number of H-pyrrole nitrogens is 1. The number of hydrogen-bond acceptors (Lipinski definition) is 3. The molecule has 0 aliphatic heterocycles. The summed E-state index contributed by atoms with van der Waals surface area (Å²) in [6.45, 7) is 3.94. The first-order valence-corrected chi connectivity index (χ1v) is 4.71. The topological polar surface area (TPSA) is 90.4 Å². The molecule has 0 aromatic carbocycles. The molecule has 82 valence electrons. The van der Waals surface area contributed by atoms with Crippen LogP contribution in [0.2, 0.25) is 0 Å². The molecule has 6 heteroatoms. The van der Waals surface area contributed by atoms with Crippen LogP contribution < -0.4 is 5.43 Å². The van der Waals surface area contributed by atoms with Crippen LogP contribution in [0.3, 0.4) is 0 Å². The highest BCUT2D eigenvalue weighted by Crippen LogP contribution is 2.04. The van der Waals surface area contributed by atoms with Crippen LogP contribution >= 0.6 is 0 Å². The second-order valence-electron chi connectivity index (χ2n) is 3.12. The molecule has 1 rings (SSSR count). The van der Waals surface area contributed by atoms with Gasteiger partial charge in [0.25, 0.3) is 0 Å². The van der Waals surface area contributed by atoms with Crippen molar-refractivity contribution < 1.29 is 9.90 Å². The summed E-state index contributed by atoms with van der Waals surface area (Å²) in [4.78, 5) is 17.5. The highest BCUT2D eigenvalue weighted by molar-refractivity contribution is 5.79. The van der Waals surface area contributed by atoms with Gasteiger partial charge in [-0.15, -0.1) is 0 Å². The average molecular weight is 210 g/mol. The van der Waals surface area contributed by atoms with Crippen molar-refractivity contribution in [2.24, 2.45) is 5.10 Å². The first-order valence-electron chi connectivity index (χ1n) is 4.71. The lowest BCUT2D eigenvalue weighted by atomic mass is 10.3. The minimum Gasteiger partial charge on any atom is -0.464 e. The molecular formula is C9H14N4O2. The van der Waals surface area contributed by atoms with Crippen molar-refractivity contribution in [1.82, 2.24) is 15.4 Å². The lowest BCUT2D eigenvalue weighted by Crippen LogP contribution is -2.13. The lowest BCUT2D eigenvalue weighted by Gasteiger charge is -1.89. The van der Waals surface area contributed by atoms with Gasteiger partial charge in [-0.2, -0.15) is 5.10 Å². The number of aryl methyl sites for hydroxylation is 2. The number of carboxylic acid groups (broad SMARTS) is 1. The van der Waals surface area contributed by atoms with Crippen molar-refractivity contribution >= 4 is 12.3 Å². The summed E-state index contributed by atoms with van der Waals surface area (Å²) in [5.74, 6) is 0.895. The van der Waals surface area contributed by atoms with E-state index < -0.39 is 6.09 Å². The highest BCUT2D eigenvalue weighted by atomic mass is 16.4. The molecule has 0 spiro atoms. The Balaban J connectivity index is 2.68. The maximum Gasteiger partial charge on any atom is 0.425 e. The summed E-state index contributed by atoms with van der Waals surface area (Å²) in [5, 5.41) is 11.8. The molecule has 0 aliphatic carbocycles. The molecule has 0 saturated heterocycles. The molecule has 1 heterocycles. The Kier molecular flexibility index (Phi) is 3.84. The van der Waals surface area contributed by atoms with Crippen LogP contribution in [0.1, 0.15) is 30.6 Å². The molecule has 0 radical (unpaired) electrons. The van der Waals surface area contributed by atoms with Crippen molar-refractivity contribution in [2.45, 2.75) is 26.7 Å². The minimum absolute atomic E-state index is 0.659. The maximum absolute atomic E-state index is 10.1. The Morgan fingerprint density at radius 1 is 1.73 bits per heavy atom. The number of imidazole rings is 1. The highest BCUT2D eigenvalue weighted by Gasteiger charge is 2.03. The quantitative estimate of drug-likeness (QED) is 0.516. The first kappa shape index (κ1) is 11.2. The molecule has 15 heavy (non-hydrogen) atoms. The average Bonchev–Trinajstić information content (AvgIpc) is 2.47. The molecule has 0 saturated carbocycles. The summed E-state index contributed by atoms with van der Waals surface area (Å²) < 4.78 is 0. The molecule has 1 aromatic rings. The molecule has 6 nitrogen and oxygen atoms in total. The van der Waals surface area contributed by atoms with E-state index in [1.165, 1.54) is 6.21 Å². The van der Waals surface area contributed by atoms with E-state index >= 15 is 0 Å². The largest absolute Gasteiger partial charge is 0.464 e. The van der Waals surface area contributed by atoms with Gasteiger partial charge in [-0.3, -0.25) is 0 Å². The van der Waals surface area contributed by atoms with E-state index in [9.17, 15) is 4.79 Å². The number of nitrogens with one attached hydrogen (secondary N) is 2. The van der Waals surface area contributed by atoms with Crippen LogP contribution in [0.5, 0.6) is 0 Å². The molecule has 1 amide bonds. The van der Waals surface area contributed by atoms with Gasteiger partial charge in [0, 0.05) is 12.1 Å². The van der Waals surface area contributed by atoms with Crippen molar-refractivity contribution in [2.75, 3.05) is 0 Å². The van der Waals surface area contributed by atoms with E-state index in [1.54, 1.807) is 0 Å². The number of amides is 1. The standard InChI is InChI=1S/C9H14N4O2/c1-3-4-8-11-6(2)7(12-8)5-10-13-9(14)15/h5,13H,3-4H2,1-2H3,(H,11,12)(H,14,15)/b10-5-. The van der Waals surface area contributed by atoms with Gasteiger partial charge in [0.15, 0.2) is 0 Å². The SMILES string of the molecule is CCCc1nc(/C=N\NC(=O)O)c(C)[nH]1. The predicted molar refractivity (Wildman–Crippen MR) is 56.1 cm³/mol. The van der Waals surface area contributed by atoms with E-state index in [0.717, 1.165) is 24.4 Å². The molecule has 0 atom stereocenters. The van der Waals surface area contributed by atoms with Crippen LogP contribution in [0.4, 0.5) is 4.79 Å². The number of rotatable bonds is 4. The van der Waals surface area contributed by atoms with Gasteiger partial charge in [0.1, 0.15) is 11.5 Å². The zero-order chi connectivity index (χ0) is 11.3. The fourth-order valence-electron chi connectivity index (χ4n) is 1.17. The summed E-state index contributed by atoms with van der Waals surface area (Å²) in [5.41, 5.74) is 3.44. The van der Waals surface area contributed by atoms with E-state index in [-0.39, 0.29) is 0 Å². The predicted octanol–water partition coefficient (Wildman–Crippen LogP) is 1.27. The Labute approximate surface area is 87.4 Å². The van der Waals surface area contributed by atoms with Gasteiger partial charge >= 0.3 is 6.09 Å². The second-order valence-corrected chi connectivity index (χ2v) is 3.12. The van der Waals surface area contributed by atoms with Crippen LogP contribution in [0.25, 0.3) is 0 Å². The third-order valence-electron chi connectivity index (χ3n) is 1.81. The number of aromatic nitrogens is 2. The van der Waals surface area contributed by atoms with Gasteiger partial charge in [-0.25, -0.2) is 15.2 Å². The monoisotopic (exact) mass is 210 g/mol. The van der Waals surface area contributed by atoms with Crippen molar-refractivity contribution in [1.29, 1.82) is 0 Å². The van der Waals surface area contributed by atoms with Crippen LogP contribution in [-0.4, -0.2) is 27.4 Å². The molecule has 0 bridgehead atoms. The maximum atomic E-state index is 10.1. The lowest BCUT2D eigenvalue weighted by molar-refractivity contribution is 0.195. The summed E-state index contributed by atoms with van der Waals surface area (Å²) in [6.07, 6.45) is 2.09. The van der Waals surface area contributed by atoms with Crippen molar-refractivity contribution in [3.05, 3.63) is 17.2 Å². The van der Waals surface area contributed by atoms with E-state index in [0.29, 0.717) is 5.69 Å². The minimum atomic E-state index is -1.19. The summed E-state index contributed by atoms with van der Waals surface area (Å²) >= 11 is 0. The molecule has 0 aliphatic rings. The van der Waals surface area contributed by atoms with Crippen LogP contribution in [0, 0.1) is 6.92 Å². The zero-order valence-corrected chi connectivity index (χ0v) is 8.74. The molecule has 0 unspecified atom stereocenters. The Bertz CT molecular complexity index is 370. The number of nitrogens with zero attached hydrogens (tertiary/aromatic N) is 2. The van der Waals surface area contributed by atoms with Crippen molar-refractivity contribution in [3.8, 4) is 0 Å².